The minimum absolute atomic E-state index is 0.0705. The molecular formula is C18H21BrClN7O. The van der Waals surface area contributed by atoms with Gasteiger partial charge in [-0.2, -0.15) is 20.1 Å². The number of nitrogens with one attached hydrogen (secondary N) is 1. The molecular weight excluding hydrogens is 446 g/mol. The maximum atomic E-state index is 10.1. The molecule has 4 rings (SSSR count). The molecule has 2 aliphatic rings. The Bertz CT molecular complexity index is 848. The summed E-state index contributed by atoms with van der Waals surface area (Å²) >= 11 is 9.31. The molecule has 10 heteroatoms. The van der Waals surface area contributed by atoms with Crippen molar-refractivity contribution >= 4 is 51.6 Å². The fourth-order valence-electron chi connectivity index (χ4n) is 3.36. The van der Waals surface area contributed by atoms with Gasteiger partial charge in [0, 0.05) is 36.8 Å². The number of anilines is 3. The summed E-state index contributed by atoms with van der Waals surface area (Å²) < 4.78 is 0.509. The Balaban J connectivity index is 1.58. The first kappa shape index (κ1) is 19.2. The maximum Gasteiger partial charge on any atom is 0.250 e. The van der Waals surface area contributed by atoms with Gasteiger partial charge in [-0.3, -0.25) is 0 Å². The fourth-order valence-corrected chi connectivity index (χ4v) is 4.20. The van der Waals surface area contributed by atoms with Crippen molar-refractivity contribution in [2.24, 2.45) is 5.10 Å². The largest absolute Gasteiger partial charge is 0.506 e. The first-order chi connectivity index (χ1) is 13.6. The van der Waals surface area contributed by atoms with E-state index in [2.05, 4.69) is 51.2 Å². The average molecular weight is 467 g/mol. The predicted octanol–water partition coefficient (Wildman–Crippen LogP) is 3.64. The van der Waals surface area contributed by atoms with Gasteiger partial charge >= 0.3 is 0 Å². The first-order valence-electron chi connectivity index (χ1n) is 9.33. The van der Waals surface area contributed by atoms with Crippen LogP contribution in [0, 0.1) is 0 Å². The van der Waals surface area contributed by atoms with Crippen LogP contribution in [0.2, 0.25) is 5.02 Å². The molecule has 28 heavy (non-hydrogen) atoms. The van der Waals surface area contributed by atoms with Crippen molar-refractivity contribution in [2.45, 2.75) is 25.7 Å². The summed E-state index contributed by atoms with van der Waals surface area (Å²) in [5.41, 5.74) is 3.36. The zero-order valence-electron chi connectivity index (χ0n) is 15.3. The number of halogens is 2. The molecule has 0 unspecified atom stereocenters. The minimum Gasteiger partial charge on any atom is -0.506 e. The number of hydrazone groups is 1. The molecule has 0 saturated carbocycles. The molecule has 0 amide bonds. The topological polar surface area (TPSA) is 89.8 Å². The van der Waals surface area contributed by atoms with Crippen molar-refractivity contribution in [2.75, 3.05) is 41.4 Å². The molecule has 3 heterocycles. The van der Waals surface area contributed by atoms with Gasteiger partial charge in [-0.1, -0.05) is 11.6 Å². The Morgan fingerprint density at radius 3 is 2.14 bits per heavy atom. The summed E-state index contributed by atoms with van der Waals surface area (Å²) in [4.78, 5) is 18.1. The number of rotatable bonds is 5. The molecule has 1 aromatic carbocycles. The van der Waals surface area contributed by atoms with Crippen molar-refractivity contribution in [3.8, 4) is 5.75 Å². The molecule has 2 saturated heterocycles. The Labute approximate surface area is 176 Å². The van der Waals surface area contributed by atoms with Crippen LogP contribution in [0.15, 0.2) is 21.7 Å². The van der Waals surface area contributed by atoms with Crippen LogP contribution in [-0.2, 0) is 0 Å². The van der Waals surface area contributed by atoms with E-state index in [1.165, 1.54) is 6.21 Å². The van der Waals surface area contributed by atoms with Crippen LogP contribution in [0.1, 0.15) is 31.2 Å². The van der Waals surface area contributed by atoms with Crippen LogP contribution in [0.5, 0.6) is 5.75 Å². The Hall–Kier alpha value is -2.13. The van der Waals surface area contributed by atoms with Gasteiger partial charge in [0.25, 0.3) is 0 Å². The standard InChI is InChI=1S/C18H21BrClN7O/c19-14-10-13(20)9-12(15(14)28)11-21-25-16-22-17(26-5-1-2-6-26)24-18(23-16)27-7-3-4-8-27/h9-11,28H,1-8H2,(H,22,23,24,25). The first-order valence-corrected chi connectivity index (χ1v) is 10.5. The summed E-state index contributed by atoms with van der Waals surface area (Å²) in [5, 5.41) is 14.8. The minimum atomic E-state index is 0.0705. The van der Waals surface area contributed by atoms with Gasteiger partial charge in [0.05, 0.1) is 10.7 Å². The molecule has 2 aromatic rings. The van der Waals surface area contributed by atoms with E-state index < -0.39 is 0 Å². The molecule has 2 N–H and O–H groups in total. The number of phenols is 1. The molecule has 1 aromatic heterocycles. The highest BCUT2D eigenvalue weighted by atomic mass is 79.9. The van der Waals surface area contributed by atoms with Crippen LogP contribution in [0.25, 0.3) is 0 Å². The number of benzene rings is 1. The Morgan fingerprint density at radius 2 is 1.57 bits per heavy atom. The average Bonchev–Trinajstić information content (AvgIpc) is 3.39. The van der Waals surface area contributed by atoms with E-state index in [1.807, 2.05) is 0 Å². The van der Waals surface area contributed by atoms with Crippen molar-refractivity contribution < 1.29 is 5.11 Å². The Morgan fingerprint density at radius 1 is 1.00 bits per heavy atom. The molecule has 2 aliphatic heterocycles. The molecule has 148 valence electrons. The van der Waals surface area contributed by atoms with Gasteiger partial charge in [-0.15, -0.1) is 0 Å². The van der Waals surface area contributed by atoms with E-state index in [0.29, 0.717) is 32.9 Å². The van der Waals surface area contributed by atoms with Crippen LogP contribution in [-0.4, -0.2) is 52.5 Å². The van der Waals surface area contributed by atoms with E-state index in [1.54, 1.807) is 12.1 Å². The molecule has 0 aliphatic carbocycles. The fraction of sp³-hybridized carbons (Fsp3) is 0.444. The van der Waals surface area contributed by atoms with Crippen molar-refractivity contribution in [1.82, 2.24) is 15.0 Å². The Kier molecular flexibility index (Phi) is 5.82. The number of phenolic OH excluding ortho intramolecular Hbond substituents is 1. The van der Waals surface area contributed by atoms with Gasteiger partial charge in [0.1, 0.15) is 5.75 Å². The third-order valence-corrected chi connectivity index (χ3v) is 5.64. The zero-order chi connectivity index (χ0) is 19.5. The third-order valence-electron chi connectivity index (χ3n) is 4.82. The monoisotopic (exact) mass is 465 g/mol. The van der Waals surface area contributed by atoms with Crippen LogP contribution in [0.4, 0.5) is 17.8 Å². The predicted molar refractivity (Wildman–Crippen MR) is 115 cm³/mol. The number of nitrogens with zero attached hydrogens (tertiary/aromatic N) is 6. The number of aromatic hydroxyl groups is 1. The van der Waals surface area contributed by atoms with Crippen molar-refractivity contribution in [3.63, 3.8) is 0 Å². The van der Waals surface area contributed by atoms with Crippen molar-refractivity contribution in [1.29, 1.82) is 0 Å². The maximum absolute atomic E-state index is 10.1. The van der Waals surface area contributed by atoms with Gasteiger partial charge < -0.3 is 14.9 Å². The molecule has 2 fully saturated rings. The lowest BCUT2D eigenvalue weighted by molar-refractivity contribution is 0.471. The molecule has 0 bridgehead atoms. The SMILES string of the molecule is Oc1c(Br)cc(Cl)cc1C=NNc1nc(N2CCCC2)nc(N2CCCC2)n1. The molecule has 8 nitrogen and oxygen atoms in total. The summed E-state index contributed by atoms with van der Waals surface area (Å²) in [6, 6.07) is 3.25. The second-order valence-electron chi connectivity index (χ2n) is 6.84. The summed E-state index contributed by atoms with van der Waals surface area (Å²) in [6.07, 6.45) is 6.08. The number of hydrogen-bond donors (Lipinski definition) is 2. The van der Waals surface area contributed by atoms with Crippen LogP contribution < -0.4 is 15.2 Å². The summed E-state index contributed by atoms with van der Waals surface area (Å²) in [5.74, 6) is 1.82. The van der Waals surface area contributed by atoms with Gasteiger partial charge in [0.2, 0.25) is 17.8 Å². The van der Waals surface area contributed by atoms with E-state index in [4.69, 9.17) is 11.6 Å². The van der Waals surface area contributed by atoms with Gasteiger partial charge in [-0.05, 0) is 53.7 Å². The second kappa shape index (κ2) is 8.48. The van der Waals surface area contributed by atoms with Crippen LogP contribution >= 0.6 is 27.5 Å². The quantitative estimate of drug-likeness (QED) is 0.513. The van der Waals surface area contributed by atoms with E-state index in [9.17, 15) is 5.11 Å². The highest BCUT2D eigenvalue weighted by molar-refractivity contribution is 9.10. The highest BCUT2D eigenvalue weighted by Gasteiger charge is 2.21. The van der Waals surface area contributed by atoms with E-state index in [0.717, 1.165) is 51.9 Å². The smallest absolute Gasteiger partial charge is 0.250 e. The molecule has 0 radical (unpaired) electrons. The summed E-state index contributed by atoms with van der Waals surface area (Å²) in [6.45, 7) is 3.82. The van der Waals surface area contributed by atoms with E-state index in [-0.39, 0.29) is 5.75 Å². The number of hydrogen-bond acceptors (Lipinski definition) is 8. The lowest BCUT2D eigenvalue weighted by Gasteiger charge is -2.20. The van der Waals surface area contributed by atoms with E-state index >= 15 is 0 Å². The van der Waals surface area contributed by atoms with Crippen LogP contribution in [0.3, 0.4) is 0 Å². The molecule has 0 atom stereocenters. The normalized spacial score (nSPS) is 17.1. The lowest BCUT2D eigenvalue weighted by atomic mass is 10.2. The second-order valence-corrected chi connectivity index (χ2v) is 8.13. The van der Waals surface area contributed by atoms with Crippen molar-refractivity contribution in [3.05, 3.63) is 27.2 Å². The lowest BCUT2D eigenvalue weighted by Crippen LogP contribution is -2.25. The zero-order valence-corrected chi connectivity index (χ0v) is 17.6. The number of aromatic nitrogens is 3. The van der Waals surface area contributed by atoms with Gasteiger partial charge in [-0.25, -0.2) is 5.43 Å². The van der Waals surface area contributed by atoms with Gasteiger partial charge in [0.15, 0.2) is 0 Å². The highest BCUT2D eigenvalue weighted by Crippen LogP contribution is 2.30. The molecule has 0 spiro atoms. The summed E-state index contributed by atoms with van der Waals surface area (Å²) in [7, 11) is 0. The third kappa shape index (κ3) is 4.30.